The summed E-state index contributed by atoms with van der Waals surface area (Å²) in [6, 6.07) is 16.5. The molecule has 0 saturated carbocycles. The monoisotopic (exact) mass is 381 g/mol. The summed E-state index contributed by atoms with van der Waals surface area (Å²) in [5.41, 5.74) is 2.71. The molecule has 1 aromatic carbocycles. The molecule has 0 amide bonds. The first-order valence-corrected chi connectivity index (χ1v) is 9.74. The largest absolute Gasteiger partial charge is 0.337 e. The smallest absolute Gasteiger partial charge is 0.178 e. The zero-order valence-electron chi connectivity index (χ0n) is 15.7. The fourth-order valence-electron chi connectivity index (χ4n) is 4.10. The number of H-pyrrole nitrogens is 1. The third-order valence-corrected chi connectivity index (χ3v) is 5.44. The van der Waals surface area contributed by atoms with E-state index in [9.17, 15) is 0 Å². The van der Waals surface area contributed by atoms with Gasteiger partial charge in [-0.15, -0.1) is 0 Å². The molecule has 0 radical (unpaired) electrons. The van der Waals surface area contributed by atoms with Crippen molar-refractivity contribution in [3.8, 4) is 0 Å². The average molecular weight is 381 g/mol. The lowest BCUT2D eigenvalue weighted by atomic mass is 10.1. The van der Waals surface area contributed by atoms with E-state index in [2.05, 4.69) is 66.5 Å². The summed E-state index contributed by atoms with van der Waals surface area (Å²) in [4.78, 5) is 11.4. The third kappa shape index (κ3) is 2.62. The van der Waals surface area contributed by atoms with Crippen molar-refractivity contribution in [3.63, 3.8) is 0 Å². The van der Waals surface area contributed by atoms with Crippen LogP contribution >= 0.6 is 0 Å². The van der Waals surface area contributed by atoms with Crippen LogP contribution in [0.4, 0.5) is 23.1 Å². The topological polar surface area (TPSA) is 74.7 Å². The number of rotatable bonds is 3. The van der Waals surface area contributed by atoms with Crippen LogP contribution in [0, 0.1) is 0 Å². The first-order valence-electron chi connectivity index (χ1n) is 9.74. The van der Waals surface area contributed by atoms with Gasteiger partial charge < -0.3 is 14.8 Å². The van der Waals surface area contributed by atoms with E-state index < -0.39 is 0 Å². The number of hydrogen-bond acceptors (Lipinski definition) is 5. The van der Waals surface area contributed by atoms with Crippen LogP contribution in [0.15, 0.2) is 67.1 Å². The van der Waals surface area contributed by atoms with E-state index in [1.807, 2.05) is 24.4 Å². The van der Waals surface area contributed by atoms with Crippen molar-refractivity contribution in [2.75, 3.05) is 16.8 Å². The van der Waals surface area contributed by atoms with Gasteiger partial charge in [0.05, 0.1) is 5.52 Å². The van der Waals surface area contributed by atoms with Crippen LogP contribution in [0.25, 0.3) is 21.8 Å². The minimum Gasteiger partial charge on any atom is -0.337 e. The Hall–Kier alpha value is -3.87. The van der Waals surface area contributed by atoms with Gasteiger partial charge in [-0.3, -0.25) is 10.1 Å². The second-order valence-corrected chi connectivity index (χ2v) is 7.23. The number of aromatic amines is 1. The predicted molar refractivity (Wildman–Crippen MR) is 115 cm³/mol. The Kier molecular flexibility index (Phi) is 3.52. The highest BCUT2D eigenvalue weighted by molar-refractivity contribution is 5.96. The van der Waals surface area contributed by atoms with E-state index in [0.29, 0.717) is 0 Å². The van der Waals surface area contributed by atoms with Crippen LogP contribution in [0.5, 0.6) is 0 Å². The van der Waals surface area contributed by atoms with Gasteiger partial charge in [-0.05, 0) is 60.3 Å². The Balaban J connectivity index is 1.39. The zero-order valence-corrected chi connectivity index (χ0v) is 15.7. The van der Waals surface area contributed by atoms with Crippen LogP contribution in [-0.4, -0.2) is 31.3 Å². The van der Waals surface area contributed by atoms with Gasteiger partial charge >= 0.3 is 0 Å². The fraction of sp³-hybridized carbons (Fsp3) is 0.136. The molecule has 0 saturated heterocycles. The molecule has 0 unspecified atom stereocenters. The number of pyridine rings is 2. The second kappa shape index (κ2) is 6.34. The summed E-state index contributed by atoms with van der Waals surface area (Å²) >= 11 is 0. The third-order valence-electron chi connectivity index (χ3n) is 5.44. The van der Waals surface area contributed by atoms with E-state index in [1.54, 1.807) is 6.20 Å². The molecule has 0 fully saturated rings. The summed E-state index contributed by atoms with van der Waals surface area (Å²) in [5.74, 6) is 2.93. The molecule has 1 aliphatic rings. The molecular weight excluding hydrogens is 362 g/mol. The second-order valence-electron chi connectivity index (χ2n) is 7.23. The molecule has 4 aromatic heterocycles. The van der Waals surface area contributed by atoms with E-state index in [0.717, 1.165) is 58.6 Å². The normalized spacial score (nSPS) is 13.7. The van der Waals surface area contributed by atoms with Gasteiger partial charge in [0.2, 0.25) is 0 Å². The summed E-state index contributed by atoms with van der Waals surface area (Å²) in [6.45, 7) is 2.03. The van der Waals surface area contributed by atoms with Crippen LogP contribution < -0.4 is 10.2 Å². The van der Waals surface area contributed by atoms with Crippen molar-refractivity contribution in [1.29, 1.82) is 0 Å². The maximum atomic E-state index is 4.72. The molecule has 0 atom stereocenters. The zero-order chi connectivity index (χ0) is 19.2. The Morgan fingerprint density at radius 3 is 2.97 bits per heavy atom. The van der Waals surface area contributed by atoms with E-state index >= 15 is 0 Å². The number of hydrogen-bond donors (Lipinski definition) is 2. The molecular formula is C22H19N7. The molecule has 2 N–H and O–H groups in total. The van der Waals surface area contributed by atoms with Crippen molar-refractivity contribution >= 4 is 44.9 Å². The molecule has 142 valence electrons. The Bertz CT molecular complexity index is 1330. The van der Waals surface area contributed by atoms with Gasteiger partial charge in [-0.2, -0.15) is 5.10 Å². The maximum absolute atomic E-state index is 4.72. The number of benzene rings is 1. The highest BCUT2D eigenvalue weighted by atomic mass is 15.3. The number of fused-ring (bicyclic) bond motifs is 3. The van der Waals surface area contributed by atoms with Crippen LogP contribution in [0.2, 0.25) is 0 Å². The van der Waals surface area contributed by atoms with Crippen molar-refractivity contribution in [2.45, 2.75) is 13.0 Å². The highest BCUT2D eigenvalue weighted by Gasteiger charge is 2.20. The number of anilines is 4. The molecule has 1 aliphatic heterocycles. The first-order chi connectivity index (χ1) is 14.4. The minimum absolute atomic E-state index is 0.725. The molecule has 0 bridgehead atoms. The van der Waals surface area contributed by atoms with Crippen LogP contribution in [0.3, 0.4) is 0 Å². The van der Waals surface area contributed by atoms with Gasteiger partial charge in [0.15, 0.2) is 5.82 Å². The van der Waals surface area contributed by atoms with Crippen LogP contribution in [-0.2, 0) is 6.54 Å². The fourth-order valence-corrected chi connectivity index (χ4v) is 4.10. The summed E-state index contributed by atoms with van der Waals surface area (Å²) in [7, 11) is 0. The molecule has 6 rings (SSSR count). The number of aromatic nitrogens is 5. The highest BCUT2D eigenvalue weighted by Crippen LogP contribution is 2.34. The summed E-state index contributed by atoms with van der Waals surface area (Å²) < 4.78 is 2.29. The lowest BCUT2D eigenvalue weighted by Gasteiger charge is -2.30. The number of nitrogens with one attached hydrogen (secondary N) is 2. The van der Waals surface area contributed by atoms with Gasteiger partial charge in [-0.1, -0.05) is 0 Å². The van der Waals surface area contributed by atoms with Gasteiger partial charge in [0.25, 0.3) is 0 Å². The molecule has 5 heterocycles. The van der Waals surface area contributed by atoms with E-state index in [-0.39, 0.29) is 0 Å². The maximum Gasteiger partial charge on any atom is 0.178 e. The summed E-state index contributed by atoms with van der Waals surface area (Å²) in [5, 5.41) is 13.0. The lowest BCUT2D eigenvalue weighted by molar-refractivity contribution is 0.596. The van der Waals surface area contributed by atoms with Gasteiger partial charge in [-0.25, -0.2) is 4.98 Å². The SMILES string of the molecule is c1cnc2c(Nc3ccc4c(N5CCCn6cccc65)nccc4c3)n[nH]c2c1. The van der Waals surface area contributed by atoms with Crippen molar-refractivity contribution in [1.82, 2.24) is 24.7 Å². The first kappa shape index (κ1) is 16.1. The Morgan fingerprint density at radius 2 is 1.97 bits per heavy atom. The average Bonchev–Trinajstić information content (AvgIpc) is 3.40. The van der Waals surface area contributed by atoms with Crippen molar-refractivity contribution in [2.24, 2.45) is 0 Å². The van der Waals surface area contributed by atoms with Crippen molar-refractivity contribution in [3.05, 3.63) is 67.1 Å². The molecule has 7 heteroatoms. The standard InChI is InChI=1S/C22H19N7/c1-4-18-20(23-9-1)21(27-26-18)25-16-6-7-17-15(14-16)8-10-24-22(17)29-13-3-12-28-11-2-5-19(28)29/h1-2,4-11,14H,3,12-13H2,(H2,25,26,27). The Morgan fingerprint density at radius 1 is 0.966 bits per heavy atom. The predicted octanol–water partition coefficient (Wildman–Crippen LogP) is 4.59. The summed E-state index contributed by atoms with van der Waals surface area (Å²) in [6.07, 6.45) is 6.90. The Labute approximate surface area is 167 Å². The molecule has 0 aliphatic carbocycles. The molecule has 5 aromatic rings. The molecule has 7 nitrogen and oxygen atoms in total. The van der Waals surface area contributed by atoms with E-state index in [1.165, 1.54) is 5.82 Å². The van der Waals surface area contributed by atoms with Gasteiger partial charge in [0, 0.05) is 42.8 Å². The number of nitrogens with zero attached hydrogens (tertiary/aromatic N) is 5. The van der Waals surface area contributed by atoms with E-state index in [4.69, 9.17) is 4.98 Å². The lowest BCUT2D eigenvalue weighted by Crippen LogP contribution is -2.28. The quantitative estimate of drug-likeness (QED) is 0.478. The minimum atomic E-state index is 0.725. The van der Waals surface area contributed by atoms with Crippen LogP contribution in [0.1, 0.15) is 6.42 Å². The van der Waals surface area contributed by atoms with Crippen molar-refractivity contribution < 1.29 is 0 Å². The molecule has 0 spiro atoms. The molecule has 29 heavy (non-hydrogen) atoms. The van der Waals surface area contributed by atoms with Gasteiger partial charge in [0.1, 0.15) is 17.2 Å². The number of aryl methyl sites for hydroxylation is 1.